The first kappa shape index (κ1) is 21.5. The smallest absolute Gasteiger partial charge is 0.329 e. The van der Waals surface area contributed by atoms with Crippen LogP contribution in [0.3, 0.4) is 0 Å². The zero-order valence-electron chi connectivity index (χ0n) is 15.9. The van der Waals surface area contributed by atoms with Gasteiger partial charge in [-0.05, 0) is 67.8 Å². The summed E-state index contributed by atoms with van der Waals surface area (Å²) in [6, 6.07) is 5.21. The van der Waals surface area contributed by atoms with Crippen LogP contribution in [0.1, 0.15) is 31.2 Å². The maximum absolute atomic E-state index is 11.3. The van der Waals surface area contributed by atoms with Crippen molar-refractivity contribution >= 4 is 40.7 Å². The summed E-state index contributed by atoms with van der Waals surface area (Å²) in [5.74, 6) is 1.56. The molecule has 0 unspecified atom stereocenters. The fourth-order valence-corrected chi connectivity index (χ4v) is 4.10. The molecule has 0 atom stereocenters. The number of halogens is 2. The summed E-state index contributed by atoms with van der Waals surface area (Å²) < 4.78 is 0. The number of hydrogen-bond donors (Lipinski definition) is 3. The first-order valence-corrected chi connectivity index (χ1v) is 10.3. The van der Waals surface area contributed by atoms with Gasteiger partial charge in [-0.15, -0.1) is 0 Å². The molecule has 1 aliphatic carbocycles. The summed E-state index contributed by atoms with van der Waals surface area (Å²) in [5.41, 5.74) is 6.46. The van der Waals surface area contributed by atoms with Crippen molar-refractivity contribution in [1.82, 2.24) is 9.97 Å². The van der Waals surface area contributed by atoms with Gasteiger partial charge in [0.25, 0.3) is 0 Å². The standard InChI is InChI=1S/C19H24Cl2N6O2/c20-15-5-14(6-16(21)7-15)10-24-19-25-11-17(27(28)29)18(26-19)23-9-13-3-1-12(8-22)2-4-13/h5-7,11-13H,1-4,8-10,22H2,(H2,23,24,25,26). The topological polar surface area (TPSA) is 119 Å². The monoisotopic (exact) mass is 438 g/mol. The SMILES string of the molecule is NCC1CCC(CNc2nc(NCc3cc(Cl)cc(Cl)c3)ncc2[N+](=O)[O-])CC1. The van der Waals surface area contributed by atoms with E-state index in [0.717, 1.165) is 37.8 Å². The Kier molecular flexibility index (Phi) is 7.46. The zero-order chi connectivity index (χ0) is 20.8. The molecule has 0 spiro atoms. The Bertz CT molecular complexity index is 838. The number of benzene rings is 1. The van der Waals surface area contributed by atoms with E-state index in [4.69, 9.17) is 28.9 Å². The molecule has 0 aliphatic heterocycles. The summed E-state index contributed by atoms with van der Waals surface area (Å²) in [6.07, 6.45) is 5.55. The number of hydrogen-bond acceptors (Lipinski definition) is 7. The van der Waals surface area contributed by atoms with E-state index < -0.39 is 4.92 Å². The Morgan fingerprint density at radius 2 is 1.76 bits per heavy atom. The lowest BCUT2D eigenvalue weighted by molar-refractivity contribution is -0.384. The molecule has 29 heavy (non-hydrogen) atoms. The van der Waals surface area contributed by atoms with Gasteiger partial charge >= 0.3 is 5.69 Å². The largest absolute Gasteiger partial charge is 0.364 e. The third-order valence-corrected chi connectivity index (χ3v) is 5.63. The first-order chi connectivity index (χ1) is 13.9. The van der Waals surface area contributed by atoms with Gasteiger partial charge in [-0.2, -0.15) is 4.98 Å². The highest BCUT2D eigenvalue weighted by atomic mass is 35.5. The molecule has 10 heteroatoms. The maximum Gasteiger partial charge on any atom is 0.329 e. The number of aromatic nitrogens is 2. The molecule has 1 heterocycles. The molecule has 0 bridgehead atoms. The van der Waals surface area contributed by atoms with Crippen LogP contribution in [-0.4, -0.2) is 28.0 Å². The average Bonchev–Trinajstić information content (AvgIpc) is 2.70. The van der Waals surface area contributed by atoms with E-state index in [0.29, 0.717) is 40.9 Å². The third-order valence-electron chi connectivity index (χ3n) is 5.20. The molecule has 1 aliphatic rings. The van der Waals surface area contributed by atoms with Gasteiger partial charge in [0.15, 0.2) is 0 Å². The second-order valence-corrected chi connectivity index (χ2v) is 8.19. The number of nitrogens with one attached hydrogen (secondary N) is 2. The molecule has 3 rings (SSSR count). The van der Waals surface area contributed by atoms with Crippen molar-refractivity contribution in [3.05, 3.63) is 50.1 Å². The van der Waals surface area contributed by atoms with Crippen molar-refractivity contribution in [1.29, 1.82) is 0 Å². The van der Waals surface area contributed by atoms with Crippen LogP contribution in [0, 0.1) is 22.0 Å². The number of rotatable bonds is 8. The molecule has 0 radical (unpaired) electrons. The van der Waals surface area contributed by atoms with Crippen molar-refractivity contribution in [3.63, 3.8) is 0 Å². The molecule has 0 amide bonds. The third kappa shape index (κ3) is 6.16. The van der Waals surface area contributed by atoms with Gasteiger partial charge in [0, 0.05) is 23.1 Å². The van der Waals surface area contributed by atoms with E-state index >= 15 is 0 Å². The minimum atomic E-state index is -0.478. The van der Waals surface area contributed by atoms with Crippen LogP contribution in [0.15, 0.2) is 24.4 Å². The molecule has 1 fully saturated rings. The van der Waals surface area contributed by atoms with Crippen LogP contribution in [0.2, 0.25) is 10.0 Å². The molecule has 4 N–H and O–H groups in total. The fraction of sp³-hybridized carbons (Fsp3) is 0.474. The van der Waals surface area contributed by atoms with Gasteiger partial charge in [-0.1, -0.05) is 23.2 Å². The van der Waals surface area contributed by atoms with Crippen LogP contribution in [0.25, 0.3) is 0 Å². The van der Waals surface area contributed by atoms with Gasteiger partial charge < -0.3 is 16.4 Å². The minimum Gasteiger partial charge on any atom is -0.364 e. The number of anilines is 2. The van der Waals surface area contributed by atoms with E-state index in [9.17, 15) is 10.1 Å². The molecule has 1 saturated carbocycles. The predicted octanol–water partition coefficient (Wildman–Crippen LogP) is 4.48. The van der Waals surface area contributed by atoms with E-state index in [2.05, 4.69) is 20.6 Å². The van der Waals surface area contributed by atoms with Crippen molar-refractivity contribution in [2.24, 2.45) is 17.6 Å². The molecule has 0 saturated heterocycles. The first-order valence-electron chi connectivity index (χ1n) is 9.58. The highest BCUT2D eigenvalue weighted by molar-refractivity contribution is 6.34. The molecule has 8 nitrogen and oxygen atoms in total. The van der Waals surface area contributed by atoms with Crippen LogP contribution in [0.4, 0.5) is 17.5 Å². The van der Waals surface area contributed by atoms with Crippen molar-refractivity contribution in [3.8, 4) is 0 Å². The molecular weight excluding hydrogens is 415 g/mol. The summed E-state index contributed by atoms with van der Waals surface area (Å²) in [4.78, 5) is 19.2. The Hall–Kier alpha value is -2.16. The molecular formula is C19H24Cl2N6O2. The number of nitrogens with zero attached hydrogens (tertiary/aromatic N) is 3. The molecule has 156 valence electrons. The second-order valence-electron chi connectivity index (χ2n) is 7.32. The lowest BCUT2D eigenvalue weighted by atomic mass is 9.82. The number of nitrogens with two attached hydrogens (primary N) is 1. The summed E-state index contributed by atoms with van der Waals surface area (Å²) in [7, 11) is 0. The van der Waals surface area contributed by atoms with E-state index in [1.54, 1.807) is 18.2 Å². The summed E-state index contributed by atoms with van der Waals surface area (Å²) >= 11 is 12.0. The Balaban J connectivity index is 1.65. The van der Waals surface area contributed by atoms with Crippen LogP contribution in [-0.2, 0) is 6.54 Å². The van der Waals surface area contributed by atoms with E-state index in [1.807, 2.05) is 0 Å². The zero-order valence-corrected chi connectivity index (χ0v) is 17.4. The quantitative estimate of drug-likeness (QED) is 0.410. The fourth-order valence-electron chi connectivity index (χ4n) is 3.53. The second kappa shape index (κ2) is 10.0. The Morgan fingerprint density at radius 1 is 1.10 bits per heavy atom. The Morgan fingerprint density at radius 3 is 2.38 bits per heavy atom. The summed E-state index contributed by atoms with van der Waals surface area (Å²) in [6.45, 7) is 1.75. The van der Waals surface area contributed by atoms with E-state index in [-0.39, 0.29) is 11.5 Å². The van der Waals surface area contributed by atoms with Crippen LogP contribution in [0.5, 0.6) is 0 Å². The lowest BCUT2D eigenvalue weighted by Gasteiger charge is -2.27. The highest BCUT2D eigenvalue weighted by Gasteiger charge is 2.22. The molecule has 2 aromatic rings. The lowest BCUT2D eigenvalue weighted by Crippen LogP contribution is -2.25. The average molecular weight is 439 g/mol. The van der Waals surface area contributed by atoms with Gasteiger partial charge in [0.05, 0.1) is 4.92 Å². The van der Waals surface area contributed by atoms with Gasteiger partial charge in [0.2, 0.25) is 11.8 Å². The van der Waals surface area contributed by atoms with Crippen molar-refractivity contribution < 1.29 is 4.92 Å². The minimum absolute atomic E-state index is 0.142. The van der Waals surface area contributed by atoms with Gasteiger partial charge in [-0.25, -0.2) is 4.98 Å². The van der Waals surface area contributed by atoms with Crippen LogP contribution < -0.4 is 16.4 Å². The van der Waals surface area contributed by atoms with Crippen LogP contribution >= 0.6 is 23.2 Å². The number of nitro groups is 1. The summed E-state index contributed by atoms with van der Waals surface area (Å²) in [5, 5.41) is 18.6. The normalized spacial score (nSPS) is 19.0. The van der Waals surface area contributed by atoms with Gasteiger partial charge in [-0.3, -0.25) is 10.1 Å². The highest BCUT2D eigenvalue weighted by Crippen LogP contribution is 2.29. The van der Waals surface area contributed by atoms with Crippen molar-refractivity contribution in [2.45, 2.75) is 32.2 Å². The van der Waals surface area contributed by atoms with E-state index in [1.165, 1.54) is 6.20 Å². The van der Waals surface area contributed by atoms with Gasteiger partial charge in [0.1, 0.15) is 6.20 Å². The van der Waals surface area contributed by atoms with Crippen molar-refractivity contribution in [2.75, 3.05) is 23.7 Å². The predicted molar refractivity (Wildman–Crippen MR) is 115 cm³/mol. The maximum atomic E-state index is 11.3. The molecule has 1 aromatic heterocycles. The molecule has 1 aromatic carbocycles. The Labute approximate surface area is 179 Å².